The number of rotatable bonds is 5. The molecule has 29 heavy (non-hydrogen) atoms. The van der Waals surface area contributed by atoms with E-state index in [0.717, 1.165) is 25.3 Å². The number of carbonyl (C=O) groups is 2. The number of amidine groups is 1. The molecule has 0 spiro atoms. The molecule has 3 N–H and O–H groups in total. The molecular weight excluding hydrogens is 405 g/mol. The molecule has 0 bridgehead atoms. The first-order valence-electron chi connectivity index (χ1n) is 8.52. The normalized spacial score (nSPS) is 21.8. The van der Waals surface area contributed by atoms with Gasteiger partial charge in [-0.3, -0.25) is 19.6 Å². The summed E-state index contributed by atoms with van der Waals surface area (Å²) in [6.07, 6.45) is 1.04. The molecule has 1 unspecified atom stereocenters. The van der Waals surface area contributed by atoms with E-state index in [1.165, 1.54) is 24.3 Å². The fourth-order valence-electron chi connectivity index (χ4n) is 2.77. The van der Waals surface area contributed by atoms with E-state index in [0.29, 0.717) is 17.3 Å². The van der Waals surface area contributed by atoms with Gasteiger partial charge in [0.2, 0.25) is 5.91 Å². The van der Waals surface area contributed by atoms with Gasteiger partial charge in [-0.2, -0.15) is 8.78 Å². The Morgan fingerprint density at radius 3 is 2.59 bits per heavy atom. The number of halogens is 3. The van der Waals surface area contributed by atoms with Gasteiger partial charge in [0.25, 0.3) is 11.8 Å². The number of hydrogen-bond donors (Lipinski definition) is 2. The second kappa shape index (κ2) is 7.51. The van der Waals surface area contributed by atoms with Crippen LogP contribution >= 0.6 is 11.8 Å². The second-order valence-electron chi connectivity index (χ2n) is 6.62. The quantitative estimate of drug-likeness (QED) is 0.774. The van der Waals surface area contributed by atoms with Gasteiger partial charge in [-0.1, -0.05) is 23.9 Å². The van der Waals surface area contributed by atoms with Gasteiger partial charge in [-0.15, -0.1) is 0 Å². The molecule has 1 aromatic carbocycles. The van der Waals surface area contributed by atoms with Crippen LogP contribution in [0.1, 0.15) is 41.5 Å². The fraction of sp³-hybridized carbons (Fsp3) is 0.263. The number of amides is 2. The Labute approximate surface area is 168 Å². The predicted octanol–water partition coefficient (Wildman–Crippen LogP) is 3.15. The number of hydrogen-bond acceptors (Lipinski definition) is 5. The number of aromatic nitrogens is 1. The van der Waals surface area contributed by atoms with Crippen molar-refractivity contribution in [3.63, 3.8) is 0 Å². The summed E-state index contributed by atoms with van der Waals surface area (Å²) in [6.45, 7) is 2.80. The van der Waals surface area contributed by atoms with Crippen LogP contribution in [0.4, 0.5) is 13.2 Å². The Kier molecular flexibility index (Phi) is 5.40. The summed E-state index contributed by atoms with van der Waals surface area (Å²) < 4.78 is 41.4. The van der Waals surface area contributed by atoms with Crippen molar-refractivity contribution in [3.8, 4) is 0 Å². The number of pyridine rings is 1. The zero-order chi connectivity index (χ0) is 21.4. The smallest absolute Gasteiger partial charge is 0.296 e. The lowest BCUT2D eigenvalue weighted by molar-refractivity contribution is -0.132. The number of aliphatic imine (C=N–C) groups is 1. The molecule has 1 aliphatic rings. The fourth-order valence-corrected chi connectivity index (χ4v) is 3.91. The minimum absolute atomic E-state index is 0.0261. The van der Waals surface area contributed by atoms with Crippen molar-refractivity contribution in [3.05, 3.63) is 65.2 Å². The highest BCUT2D eigenvalue weighted by Crippen LogP contribution is 2.50. The molecule has 10 heteroatoms. The third kappa shape index (κ3) is 3.84. The highest BCUT2D eigenvalue weighted by Gasteiger charge is 2.61. The summed E-state index contributed by atoms with van der Waals surface area (Å²) in [5.74, 6) is -5.93. The van der Waals surface area contributed by atoms with E-state index >= 15 is 8.78 Å². The van der Waals surface area contributed by atoms with Gasteiger partial charge in [0.1, 0.15) is 11.5 Å². The van der Waals surface area contributed by atoms with Crippen LogP contribution in [0.3, 0.4) is 0 Å². The van der Waals surface area contributed by atoms with E-state index in [2.05, 4.69) is 15.3 Å². The van der Waals surface area contributed by atoms with Gasteiger partial charge >= 0.3 is 0 Å². The first-order valence-corrected chi connectivity index (χ1v) is 9.34. The summed E-state index contributed by atoms with van der Waals surface area (Å²) >= 11 is 0.592. The van der Waals surface area contributed by atoms with Crippen LogP contribution < -0.4 is 11.1 Å². The monoisotopic (exact) mass is 422 g/mol. The maximum atomic E-state index is 15.3. The molecule has 2 amide bonds. The maximum absolute atomic E-state index is 15.3. The molecule has 0 saturated carbocycles. The summed E-state index contributed by atoms with van der Waals surface area (Å²) in [5, 5.41) is 2.41. The minimum Gasteiger partial charge on any atom is -0.364 e. The van der Waals surface area contributed by atoms with Crippen molar-refractivity contribution in [2.45, 2.75) is 30.6 Å². The predicted molar refractivity (Wildman–Crippen MR) is 103 cm³/mol. The Morgan fingerprint density at radius 1 is 1.31 bits per heavy atom. The summed E-state index contributed by atoms with van der Waals surface area (Å²) in [4.78, 5) is 31.7. The lowest BCUT2D eigenvalue weighted by Gasteiger charge is -2.30. The first kappa shape index (κ1) is 20.8. The van der Waals surface area contributed by atoms with Crippen LogP contribution in [-0.4, -0.2) is 26.7 Å². The molecule has 1 fully saturated rings. The Morgan fingerprint density at radius 2 is 1.97 bits per heavy atom. The Hall–Kier alpha value is -2.88. The number of nitrogens with one attached hydrogen (secondary N) is 1. The lowest BCUT2D eigenvalue weighted by atomic mass is 9.94. The molecule has 0 radical (unpaired) electrons. The second-order valence-corrected chi connectivity index (χ2v) is 8.03. The van der Waals surface area contributed by atoms with Crippen molar-refractivity contribution in [1.29, 1.82) is 0 Å². The first-order chi connectivity index (χ1) is 13.5. The van der Waals surface area contributed by atoms with E-state index < -0.39 is 39.9 Å². The number of alkyl halides is 2. The third-order valence-corrected chi connectivity index (χ3v) is 5.84. The molecule has 1 aliphatic heterocycles. The molecule has 0 aliphatic carbocycles. The van der Waals surface area contributed by atoms with Gasteiger partial charge < -0.3 is 11.1 Å². The number of carbonyl (C=O) groups excluding carboxylic acids is 2. The number of benzene rings is 1. The van der Waals surface area contributed by atoms with Crippen molar-refractivity contribution in [2.75, 3.05) is 0 Å². The number of nitrogens with two attached hydrogens (primary N) is 1. The molecule has 6 nitrogen and oxygen atoms in total. The molecule has 1 saturated heterocycles. The molecular formula is C19H17F3N4O2S. The van der Waals surface area contributed by atoms with Crippen LogP contribution in [0.15, 0.2) is 47.6 Å². The zero-order valence-electron chi connectivity index (χ0n) is 15.4. The average Bonchev–Trinajstić information content (AvgIpc) is 2.97. The topological polar surface area (TPSA) is 97.4 Å². The van der Waals surface area contributed by atoms with E-state index in [-0.39, 0.29) is 10.9 Å². The highest BCUT2D eigenvalue weighted by atomic mass is 32.2. The molecule has 2 aromatic rings. The van der Waals surface area contributed by atoms with Crippen molar-refractivity contribution in [2.24, 2.45) is 10.7 Å². The maximum Gasteiger partial charge on any atom is 0.296 e. The summed E-state index contributed by atoms with van der Waals surface area (Å²) in [6, 6.07) is 7.01. The minimum atomic E-state index is -3.65. The lowest BCUT2D eigenvalue weighted by Crippen LogP contribution is -2.47. The molecule has 3 rings (SSSR count). The van der Waals surface area contributed by atoms with Gasteiger partial charge in [0.05, 0.1) is 6.04 Å². The molecule has 152 valence electrons. The van der Waals surface area contributed by atoms with E-state index in [1.54, 1.807) is 6.92 Å². The van der Waals surface area contributed by atoms with Gasteiger partial charge in [-0.05, 0) is 43.7 Å². The van der Waals surface area contributed by atoms with Crippen LogP contribution in [0.25, 0.3) is 0 Å². The summed E-state index contributed by atoms with van der Waals surface area (Å²) in [7, 11) is 0. The van der Waals surface area contributed by atoms with Crippen molar-refractivity contribution >= 4 is 28.7 Å². The van der Waals surface area contributed by atoms with Crippen LogP contribution in [0.5, 0.6) is 0 Å². The van der Waals surface area contributed by atoms with Crippen molar-refractivity contribution < 1.29 is 22.8 Å². The summed E-state index contributed by atoms with van der Waals surface area (Å²) in [5.41, 5.74) is 4.89. The largest absolute Gasteiger partial charge is 0.364 e. The van der Waals surface area contributed by atoms with Gasteiger partial charge in [-0.25, -0.2) is 4.39 Å². The number of thioether (sulfide) groups is 1. The van der Waals surface area contributed by atoms with E-state index in [9.17, 15) is 14.0 Å². The van der Waals surface area contributed by atoms with Crippen LogP contribution in [-0.2, 0) is 10.7 Å². The molecule has 2 heterocycles. The Balaban J connectivity index is 1.90. The van der Waals surface area contributed by atoms with Gasteiger partial charge in [0, 0.05) is 11.8 Å². The van der Waals surface area contributed by atoms with Gasteiger partial charge in [0.15, 0.2) is 9.91 Å². The highest BCUT2D eigenvalue weighted by molar-refractivity contribution is 8.16. The zero-order valence-corrected chi connectivity index (χ0v) is 16.3. The average molecular weight is 422 g/mol. The SMILES string of the molecule is C[C@H](N=C1NC(=O)C(C)(C(F)(F)c2ccnc(C(N)=O)c2)S1)c1ccc(F)cc1. The van der Waals surface area contributed by atoms with E-state index in [1.807, 2.05) is 0 Å². The van der Waals surface area contributed by atoms with Crippen LogP contribution in [0, 0.1) is 5.82 Å². The third-order valence-electron chi connectivity index (χ3n) is 4.59. The standard InChI is InChI=1S/C19H17F3N4O2S/c1-10(11-3-5-13(20)6-4-11)25-17-26-16(28)18(2,29-17)19(21,22)12-7-8-24-14(9-12)15(23)27/h3-10H,1-2H3,(H2,23,27)(H,25,26,28)/t10-,18?/m0/s1. The molecule has 1 aromatic heterocycles. The van der Waals surface area contributed by atoms with Crippen molar-refractivity contribution in [1.82, 2.24) is 10.3 Å². The Bertz CT molecular complexity index is 997. The molecule has 2 atom stereocenters. The van der Waals surface area contributed by atoms with E-state index in [4.69, 9.17) is 5.73 Å². The van der Waals surface area contributed by atoms with Crippen LogP contribution in [0.2, 0.25) is 0 Å². The number of nitrogens with zero attached hydrogens (tertiary/aromatic N) is 2. The number of primary amides is 1.